The standard InChI is InChI=1S/C10H13ClFN3O/c1-15(6-10(13)14-16)5-7-8(11)3-2-4-9(7)12/h2-4,16H,5-6H2,1H3,(H2,13,14). The maximum absolute atomic E-state index is 13.4. The molecule has 0 radical (unpaired) electrons. The lowest BCUT2D eigenvalue weighted by atomic mass is 10.2. The monoisotopic (exact) mass is 245 g/mol. The third kappa shape index (κ3) is 3.36. The van der Waals surface area contributed by atoms with Gasteiger partial charge in [0.2, 0.25) is 0 Å². The zero-order valence-corrected chi connectivity index (χ0v) is 9.58. The number of likely N-dealkylation sites (N-methyl/N-ethyl adjacent to an activating group) is 1. The molecule has 0 unspecified atom stereocenters. The van der Waals surface area contributed by atoms with Crippen molar-refractivity contribution in [2.24, 2.45) is 10.9 Å². The molecule has 0 saturated carbocycles. The molecule has 1 aromatic carbocycles. The largest absolute Gasteiger partial charge is 0.409 e. The van der Waals surface area contributed by atoms with Crippen molar-refractivity contribution in [1.29, 1.82) is 0 Å². The Morgan fingerprint density at radius 1 is 1.62 bits per heavy atom. The first-order valence-electron chi connectivity index (χ1n) is 4.62. The van der Waals surface area contributed by atoms with Crippen LogP contribution in [0.2, 0.25) is 5.02 Å². The van der Waals surface area contributed by atoms with Crippen molar-refractivity contribution in [3.63, 3.8) is 0 Å². The van der Waals surface area contributed by atoms with E-state index >= 15 is 0 Å². The van der Waals surface area contributed by atoms with E-state index in [0.29, 0.717) is 17.1 Å². The van der Waals surface area contributed by atoms with E-state index in [1.807, 2.05) is 0 Å². The highest BCUT2D eigenvalue weighted by Crippen LogP contribution is 2.20. The summed E-state index contributed by atoms with van der Waals surface area (Å²) in [6.07, 6.45) is 0. The normalized spacial score (nSPS) is 12.1. The van der Waals surface area contributed by atoms with Gasteiger partial charge >= 0.3 is 0 Å². The van der Waals surface area contributed by atoms with Crippen LogP contribution in [0, 0.1) is 5.82 Å². The first-order chi connectivity index (χ1) is 7.54. The molecule has 1 rings (SSSR count). The lowest BCUT2D eigenvalue weighted by molar-refractivity contribution is 0.307. The summed E-state index contributed by atoms with van der Waals surface area (Å²) in [5.74, 6) is -0.297. The molecule has 0 aliphatic heterocycles. The maximum Gasteiger partial charge on any atom is 0.153 e. The fourth-order valence-electron chi connectivity index (χ4n) is 1.32. The van der Waals surface area contributed by atoms with E-state index in [-0.39, 0.29) is 18.2 Å². The molecule has 0 aliphatic carbocycles. The lowest BCUT2D eigenvalue weighted by Crippen LogP contribution is -2.30. The van der Waals surface area contributed by atoms with Gasteiger partial charge in [-0.05, 0) is 19.2 Å². The summed E-state index contributed by atoms with van der Waals surface area (Å²) < 4.78 is 13.4. The highest BCUT2D eigenvalue weighted by Gasteiger charge is 2.10. The van der Waals surface area contributed by atoms with Crippen LogP contribution in [-0.4, -0.2) is 29.5 Å². The van der Waals surface area contributed by atoms with Crippen molar-refractivity contribution in [3.8, 4) is 0 Å². The minimum atomic E-state index is -0.362. The third-order valence-electron chi connectivity index (χ3n) is 2.05. The molecule has 0 spiro atoms. The van der Waals surface area contributed by atoms with Gasteiger partial charge in [-0.2, -0.15) is 0 Å². The molecule has 0 heterocycles. The van der Waals surface area contributed by atoms with Gasteiger partial charge in [0.25, 0.3) is 0 Å². The molecule has 16 heavy (non-hydrogen) atoms. The fourth-order valence-corrected chi connectivity index (χ4v) is 1.54. The molecule has 0 aromatic heterocycles. The third-order valence-corrected chi connectivity index (χ3v) is 2.40. The van der Waals surface area contributed by atoms with Crippen LogP contribution in [0.3, 0.4) is 0 Å². The number of nitrogens with two attached hydrogens (primary N) is 1. The highest BCUT2D eigenvalue weighted by molar-refractivity contribution is 6.31. The minimum absolute atomic E-state index is 0.0648. The van der Waals surface area contributed by atoms with Gasteiger partial charge in [0.05, 0.1) is 6.54 Å². The molecular formula is C10H13ClFN3O. The van der Waals surface area contributed by atoms with Crippen LogP contribution in [0.4, 0.5) is 4.39 Å². The minimum Gasteiger partial charge on any atom is -0.409 e. The molecule has 0 bridgehead atoms. The van der Waals surface area contributed by atoms with Crippen LogP contribution in [0.5, 0.6) is 0 Å². The number of hydrogen-bond acceptors (Lipinski definition) is 3. The Morgan fingerprint density at radius 3 is 2.88 bits per heavy atom. The highest BCUT2D eigenvalue weighted by atomic mass is 35.5. The SMILES string of the molecule is CN(CC(N)=NO)Cc1c(F)cccc1Cl. The van der Waals surface area contributed by atoms with Gasteiger partial charge in [0, 0.05) is 17.1 Å². The van der Waals surface area contributed by atoms with Crippen molar-refractivity contribution in [1.82, 2.24) is 4.90 Å². The number of oxime groups is 1. The number of halogens is 2. The molecule has 0 fully saturated rings. The van der Waals surface area contributed by atoms with Crippen molar-refractivity contribution in [2.45, 2.75) is 6.54 Å². The quantitative estimate of drug-likeness (QED) is 0.367. The molecule has 1 aromatic rings. The van der Waals surface area contributed by atoms with Crippen LogP contribution in [-0.2, 0) is 6.54 Å². The summed E-state index contributed by atoms with van der Waals surface area (Å²) in [7, 11) is 1.72. The van der Waals surface area contributed by atoms with Gasteiger partial charge in [-0.15, -0.1) is 0 Å². The first-order valence-corrected chi connectivity index (χ1v) is 5.00. The number of nitrogens with zero attached hydrogens (tertiary/aromatic N) is 2. The Balaban J connectivity index is 2.73. The number of hydrogen-bond donors (Lipinski definition) is 2. The average Bonchev–Trinajstić information content (AvgIpc) is 2.23. The number of rotatable bonds is 4. The van der Waals surface area contributed by atoms with Crippen LogP contribution in [0.15, 0.2) is 23.4 Å². The predicted octanol–water partition coefficient (Wildman–Crippen LogP) is 1.66. The first kappa shape index (κ1) is 12.7. The van der Waals surface area contributed by atoms with E-state index in [2.05, 4.69) is 5.16 Å². The van der Waals surface area contributed by atoms with Crippen molar-refractivity contribution < 1.29 is 9.60 Å². The second-order valence-electron chi connectivity index (χ2n) is 3.46. The zero-order valence-electron chi connectivity index (χ0n) is 8.82. The second kappa shape index (κ2) is 5.67. The Labute approximate surface area is 98.1 Å². The molecule has 0 aliphatic rings. The van der Waals surface area contributed by atoms with E-state index in [4.69, 9.17) is 22.5 Å². The van der Waals surface area contributed by atoms with Crippen molar-refractivity contribution in [2.75, 3.05) is 13.6 Å². The molecule has 0 amide bonds. The summed E-state index contributed by atoms with van der Waals surface area (Å²) in [6, 6.07) is 4.51. The summed E-state index contributed by atoms with van der Waals surface area (Å²) in [5, 5.41) is 11.6. The van der Waals surface area contributed by atoms with E-state index in [1.165, 1.54) is 6.07 Å². The van der Waals surface area contributed by atoms with Crippen LogP contribution < -0.4 is 5.73 Å². The van der Waals surface area contributed by atoms with Gasteiger partial charge < -0.3 is 10.9 Å². The van der Waals surface area contributed by atoms with Gasteiger partial charge in [0.1, 0.15) is 5.82 Å². The van der Waals surface area contributed by atoms with Gasteiger partial charge in [-0.1, -0.05) is 22.8 Å². The number of amidine groups is 1. The predicted molar refractivity (Wildman–Crippen MR) is 61.2 cm³/mol. The molecule has 6 heteroatoms. The van der Waals surface area contributed by atoms with E-state index in [0.717, 1.165) is 0 Å². The topological polar surface area (TPSA) is 61.8 Å². The molecule has 88 valence electrons. The van der Waals surface area contributed by atoms with Crippen molar-refractivity contribution >= 4 is 17.4 Å². The summed E-state index contributed by atoms with van der Waals surface area (Å²) in [6.45, 7) is 0.531. The Bertz CT molecular complexity index is 377. The molecule has 3 N–H and O–H groups in total. The van der Waals surface area contributed by atoms with Gasteiger partial charge in [-0.25, -0.2) is 4.39 Å². The van der Waals surface area contributed by atoms with Crippen LogP contribution >= 0.6 is 11.6 Å². The zero-order chi connectivity index (χ0) is 12.1. The molecule has 4 nitrogen and oxygen atoms in total. The van der Waals surface area contributed by atoms with Crippen molar-refractivity contribution in [3.05, 3.63) is 34.6 Å². The second-order valence-corrected chi connectivity index (χ2v) is 3.87. The Kier molecular flexibility index (Phi) is 4.52. The van der Waals surface area contributed by atoms with Gasteiger partial charge in [0.15, 0.2) is 5.84 Å². The van der Waals surface area contributed by atoms with Gasteiger partial charge in [-0.3, -0.25) is 4.90 Å². The average molecular weight is 246 g/mol. The summed E-state index contributed by atoms with van der Waals surface area (Å²) in [4.78, 5) is 1.69. The molecule has 0 saturated heterocycles. The Morgan fingerprint density at radius 2 is 2.31 bits per heavy atom. The summed E-state index contributed by atoms with van der Waals surface area (Å²) in [5.41, 5.74) is 5.74. The lowest BCUT2D eigenvalue weighted by Gasteiger charge is -2.16. The fraction of sp³-hybridized carbons (Fsp3) is 0.300. The van der Waals surface area contributed by atoms with E-state index in [1.54, 1.807) is 24.1 Å². The maximum atomic E-state index is 13.4. The van der Waals surface area contributed by atoms with Crippen LogP contribution in [0.1, 0.15) is 5.56 Å². The molecular weight excluding hydrogens is 233 g/mol. The van der Waals surface area contributed by atoms with E-state index < -0.39 is 0 Å². The van der Waals surface area contributed by atoms with Crippen LogP contribution in [0.25, 0.3) is 0 Å². The smallest absolute Gasteiger partial charge is 0.153 e. The number of benzene rings is 1. The Hall–Kier alpha value is -1.33. The summed E-state index contributed by atoms with van der Waals surface area (Å²) >= 11 is 5.87. The molecule has 0 atom stereocenters. The van der Waals surface area contributed by atoms with E-state index in [9.17, 15) is 4.39 Å².